The number of benzene rings is 1. The first-order chi connectivity index (χ1) is 11.4. The van der Waals surface area contributed by atoms with Crippen LogP contribution in [0.2, 0.25) is 0 Å². The first kappa shape index (κ1) is 16.5. The minimum absolute atomic E-state index is 0.0489. The number of aromatic nitrogens is 2. The molecule has 1 fully saturated rings. The van der Waals surface area contributed by atoms with E-state index in [0.29, 0.717) is 24.5 Å². The summed E-state index contributed by atoms with van der Waals surface area (Å²) in [5, 5.41) is 12.9. The van der Waals surface area contributed by atoms with Crippen LogP contribution in [0.15, 0.2) is 41.6 Å². The molecule has 1 saturated heterocycles. The second-order valence-electron chi connectivity index (χ2n) is 5.55. The van der Waals surface area contributed by atoms with E-state index in [-0.39, 0.29) is 17.4 Å². The molecule has 2 aromatic rings. The minimum atomic E-state index is -3.79. The molecule has 1 atom stereocenters. The fourth-order valence-corrected chi connectivity index (χ4v) is 3.51. The number of carboxylic acid groups (broad SMARTS) is 1. The zero-order valence-electron chi connectivity index (χ0n) is 12.8. The van der Waals surface area contributed by atoms with E-state index in [1.54, 1.807) is 22.9 Å². The van der Waals surface area contributed by atoms with Crippen LogP contribution < -0.4 is 4.72 Å². The maximum atomic E-state index is 12.5. The highest BCUT2D eigenvalue weighted by Gasteiger charge is 2.22. The van der Waals surface area contributed by atoms with Gasteiger partial charge in [-0.05, 0) is 24.1 Å². The number of carboxylic acids is 1. The molecular formula is C15H17N3O5S. The first-order valence-electron chi connectivity index (χ1n) is 7.39. The quantitative estimate of drug-likeness (QED) is 0.811. The highest BCUT2D eigenvalue weighted by atomic mass is 32.2. The number of hydrogen-bond acceptors (Lipinski definition) is 5. The SMILES string of the molecule is O=C(O)Cc1cccc(NS(=O)(=O)c2cnn(C3CCOC3)c2)c1. The molecule has 1 aliphatic rings. The number of aliphatic carboxylic acids is 1. The van der Waals surface area contributed by atoms with E-state index in [2.05, 4.69) is 9.82 Å². The van der Waals surface area contributed by atoms with E-state index in [1.165, 1.54) is 18.5 Å². The third-order valence-corrected chi connectivity index (χ3v) is 5.04. The summed E-state index contributed by atoms with van der Waals surface area (Å²) >= 11 is 0. The van der Waals surface area contributed by atoms with Gasteiger partial charge in [-0.15, -0.1) is 0 Å². The fourth-order valence-electron chi connectivity index (χ4n) is 2.52. The van der Waals surface area contributed by atoms with Crippen molar-refractivity contribution >= 4 is 21.7 Å². The molecule has 8 nitrogen and oxygen atoms in total. The van der Waals surface area contributed by atoms with Gasteiger partial charge in [-0.1, -0.05) is 12.1 Å². The topological polar surface area (TPSA) is 111 Å². The maximum Gasteiger partial charge on any atom is 0.307 e. The molecule has 1 unspecified atom stereocenters. The summed E-state index contributed by atoms with van der Waals surface area (Å²) in [7, 11) is -3.79. The van der Waals surface area contributed by atoms with Crippen molar-refractivity contribution in [1.29, 1.82) is 0 Å². The third kappa shape index (κ3) is 3.74. The molecular weight excluding hydrogens is 334 g/mol. The lowest BCUT2D eigenvalue weighted by Gasteiger charge is -2.08. The summed E-state index contributed by atoms with van der Waals surface area (Å²) in [6.45, 7) is 1.16. The molecule has 24 heavy (non-hydrogen) atoms. The van der Waals surface area contributed by atoms with Gasteiger partial charge in [-0.2, -0.15) is 5.10 Å². The van der Waals surface area contributed by atoms with Crippen molar-refractivity contribution in [3.05, 3.63) is 42.2 Å². The van der Waals surface area contributed by atoms with E-state index in [1.807, 2.05) is 0 Å². The molecule has 1 aromatic carbocycles. The second-order valence-corrected chi connectivity index (χ2v) is 7.23. The van der Waals surface area contributed by atoms with Gasteiger partial charge in [0.2, 0.25) is 0 Å². The molecule has 9 heteroatoms. The van der Waals surface area contributed by atoms with Crippen LogP contribution in [0.5, 0.6) is 0 Å². The van der Waals surface area contributed by atoms with Crippen LogP contribution in [-0.2, 0) is 26.0 Å². The van der Waals surface area contributed by atoms with Crippen LogP contribution in [-0.4, -0.2) is 42.5 Å². The Morgan fingerprint density at radius 2 is 2.29 bits per heavy atom. The number of ether oxygens (including phenoxy) is 1. The molecule has 0 bridgehead atoms. The van der Waals surface area contributed by atoms with Crippen LogP contribution in [0.25, 0.3) is 0 Å². The summed E-state index contributed by atoms with van der Waals surface area (Å²) in [6, 6.07) is 6.35. The molecule has 3 rings (SSSR count). The van der Waals surface area contributed by atoms with Gasteiger partial charge in [0.05, 0.1) is 25.3 Å². The predicted molar refractivity (Wildman–Crippen MR) is 85.3 cm³/mol. The average Bonchev–Trinajstić information content (AvgIpc) is 3.18. The monoisotopic (exact) mass is 351 g/mol. The summed E-state index contributed by atoms with van der Waals surface area (Å²) < 4.78 is 34.2. The normalized spacial score (nSPS) is 17.8. The molecule has 0 radical (unpaired) electrons. The van der Waals surface area contributed by atoms with Crippen molar-refractivity contribution < 1.29 is 23.1 Å². The summed E-state index contributed by atoms with van der Waals surface area (Å²) in [5.74, 6) is -0.977. The van der Waals surface area contributed by atoms with E-state index in [9.17, 15) is 13.2 Å². The van der Waals surface area contributed by atoms with Crippen molar-refractivity contribution in [2.75, 3.05) is 17.9 Å². The smallest absolute Gasteiger partial charge is 0.307 e. The number of anilines is 1. The number of rotatable bonds is 6. The molecule has 1 aromatic heterocycles. The molecule has 0 amide bonds. The minimum Gasteiger partial charge on any atom is -0.481 e. The van der Waals surface area contributed by atoms with Gasteiger partial charge in [-0.3, -0.25) is 14.2 Å². The number of sulfonamides is 1. The molecule has 0 aliphatic carbocycles. The van der Waals surface area contributed by atoms with Crippen molar-refractivity contribution in [2.24, 2.45) is 0 Å². The van der Waals surface area contributed by atoms with E-state index < -0.39 is 16.0 Å². The van der Waals surface area contributed by atoms with Crippen molar-refractivity contribution in [3.63, 3.8) is 0 Å². The predicted octanol–water partition coefficient (Wildman–Crippen LogP) is 1.27. The van der Waals surface area contributed by atoms with Crippen LogP contribution >= 0.6 is 0 Å². The zero-order chi connectivity index (χ0) is 17.2. The van der Waals surface area contributed by atoms with Gasteiger partial charge >= 0.3 is 5.97 Å². The number of nitrogens with one attached hydrogen (secondary N) is 1. The highest BCUT2D eigenvalue weighted by molar-refractivity contribution is 7.92. The van der Waals surface area contributed by atoms with Crippen molar-refractivity contribution in [1.82, 2.24) is 9.78 Å². The highest BCUT2D eigenvalue weighted by Crippen LogP contribution is 2.21. The standard InChI is InChI=1S/C15H17N3O5S/c19-15(20)7-11-2-1-3-12(6-11)17-24(21,22)14-8-16-18(9-14)13-4-5-23-10-13/h1-3,6,8-9,13,17H,4-5,7,10H2,(H,19,20). The Balaban J connectivity index is 1.77. The summed E-state index contributed by atoms with van der Waals surface area (Å²) in [5.41, 5.74) is 0.826. The Labute approximate surface area is 139 Å². The summed E-state index contributed by atoms with van der Waals surface area (Å²) in [4.78, 5) is 10.8. The molecule has 0 saturated carbocycles. The number of hydrogen-bond donors (Lipinski definition) is 2. The van der Waals surface area contributed by atoms with Crippen molar-refractivity contribution in [3.8, 4) is 0 Å². The summed E-state index contributed by atoms with van der Waals surface area (Å²) in [6.07, 6.45) is 3.39. The third-order valence-electron chi connectivity index (χ3n) is 3.70. The Bertz CT molecular complexity index is 840. The first-order valence-corrected chi connectivity index (χ1v) is 8.88. The largest absolute Gasteiger partial charge is 0.481 e. The van der Waals surface area contributed by atoms with Gasteiger partial charge in [-0.25, -0.2) is 8.42 Å². The van der Waals surface area contributed by atoms with Gasteiger partial charge in [0.25, 0.3) is 10.0 Å². The molecule has 1 aliphatic heterocycles. The van der Waals surface area contributed by atoms with E-state index >= 15 is 0 Å². The maximum absolute atomic E-state index is 12.5. The fraction of sp³-hybridized carbons (Fsp3) is 0.333. The van der Waals surface area contributed by atoms with Gasteiger partial charge in [0.15, 0.2) is 0 Å². The number of nitrogens with zero attached hydrogens (tertiary/aromatic N) is 2. The Morgan fingerprint density at radius 3 is 3.00 bits per heavy atom. The van der Waals surface area contributed by atoms with Gasteiger partial charge in [0.1, 0.15) is 4.90 Å². The van der Waals surface area contributed by atoms with E-state index in [4.69, 9.17) is 9.84 Å². The second kappa shape index (κ2) is 6.62. The van der Waals surface area contributed by atoms with Gasteiger partial charge < -0.3 is 9.84 Å². The Kier molecular flexibility index (Phi) is 4.54. The van der Waals surface area contributed by atoms with E-state index in [0.717, 1.165) is 6.42 Å². The average molecular weight is 351 g/mol. The molecule has 128 valence electrons. The van der Waals surface area contributed by atoms with Crippen LogP contribution in [0.4, 0.5) is 5.69 Å². The zero-order valence-corrected chi connectivity index (χ0v) is 13.6. The van der Waals surface area contributed by atoms with Crippen LogP contribution in [0, 0.1) is 0 Å². The van der Waals surface area contributed by atoms with Crippen molar-refractivity contribution in [2.45, 2.75) is 23.8 Å². The van der Waals surface area contributed by atoms with Crippen LogP contribution in [0.1, 0.15) is 18.0 Å². The van der Waals surface area contributed by atoms with Gasteiger partial charge in [0, 0.05) is 18.5 Å². The lowest BCUT2D eigenvalue weighted by molar-refractivity contribution is -0.136. The molecule has 0 spiro atoms. The molecule has 2 heterocycles. The lowest BCUT2D eigenvalue weighted by Crippen LogP contribution is -2.13. The lowest BCUT2D eigenvalue weighted by atomic mass is 10.1. The van der Waals surface area contributed by atoms with Crippen LogP contribution in [0.3, 0.4) is 0 Å². The number of carbonyl (C=O) groups is 1. The Morgan fingerprint density at radius 1 is 1.46 bits per heavy atom. The molecule has 2 N–H and O–H groups in total. The Hall–Kier alpha value is -2.39.